The average molecular weight is 484 g/mol. The van der Waals surface area contributed by atoms with Crippen LogP contribution in [0.4, 0.5) is 18.9 Å². The number of rotatable bonds is 4. The molecule has 12 heteroatoms. The van der Waals surface area contributed by atoms with Crippen LogP contribution in [0.1, 0.15) is 24.5 Å². The molecule has 0 spiro atoms. The van der Waals surface area contributed by atoms with Gasteiger partial charge in [-0.25, -0.2) is 9.67 Å². The highest BCUT2D eigenvalue weighted by atomic mass is 35.5. The Morgan fingerprint density at radius 2 is 1.91 bits per heavy atom. The minimum atomic E-state index is -4.81. The van der Waals surface area contributed by atoms with Gasteiger partial charge in [-0.05, 0) is 30.3 Å². The Balaban J connectivity index is 1.74. The second kappa shape index (κ2) is 8.10. The molecule has 1 unspecified atom stereocenters. The quantitative estimate of drug-likeness (QED) is 0.558. The minimum absolute atomic E-state index is 0.0372. The molecule has 4 rings (SSSR count). The van der Waals surface area contributed by atoms with Crippen molar-refractivity contribution in [2.75, 3.05) is 5.32 Å². The molecule has 1 N–H and O–H groups in total. The topological polar surface area (TPSA) is 81.4 Å². The van der Waals surface area contributed by atoms with Crippen LogP contribution in [0.3, 0.4) is 0 Å². The van der Waals surface area contributed by atoms with E-state index in [-0.39, 0.29) is 27.2 Å². The molecular formula is C20H14Cl2F3N5O2. The van der Waals surface area contributed by atoms with Crippen molar-refractivity contribution in [1.29, 1.82) is 0 Å². The Bertz CT molecular complexity index is 1190. The molecule has 0 aliphatic carbocycles. The lowest BCUT2D eigenvalue weighted by atomic mass is 9.86. The highest BCUT2D eigenvalue weighted by molar-refractivity contribution is 6.34. The number of aromatic nitrogens is 3. The number of amides is 1. The van der Waals surface area contributed by atoms with Gasteiger partial charge in [0.05, 0.1) is 17.1 Å². The summed E-state index contributed by atoms with van der Waals surface area (Å²) in [5.74, 6) is -0.369. The predicted molar refractivity (Wildman–Crippen MR) is 112 cm³/mol. The Hall–Kier alpha value is -3.11. The molecule has 1 atom stereocenters. The maximum absolute atomic E-state index is 14.2. The number of hydrogen-bond acceptors (Lipinski definition) is 5. The molecule has 1 amide bonds. The smallest absolute Gasteiger partial charge is 0.374 e. The molecule has 1 aliphatic heterocycles. The fraction of sp³-hybridized carbons (Fsp3) is 0.200. The van der Waals surface area contributed by atoms with Crippen LogP contribution < -0.4 is 5.32 Å². The molecular weight excluding hydrogens is 470 g/mol. The van der Waals surface area contributed by atoms with Gasteiger partial charge in [0.15, 0.2) is 0 Å². The number of benzene rings is 2. The lowest BCUT2D eigenvalue weighted by Crippen LogP contribution is -2.42. The zero-order valence-corrected chi connectivity index (χ0v) is 17.8. The maximum Gasteiger partial charge on any atom is 0.435 e. The first-order chi connectivity index (χ1) is 15.1. The molecule has 0 saturated carbocycles. The number of hydrogen-bond donors (Lipinski definition) is 1. The summed E-state index contributed by atoms with van der Waals surface area (Å²) in [4.78, 5) is 20.5. The van der Waals surface area contributed by atoms with Crippen molar-refractivity contribution >= 4 is 40.5 Å². The average Bonchev–Trinajstić information content (AvgIpc) is 3.37. The van der Waals surface area contributed by atoms with Crippen LogP contribution in [0.25, 0.3) is 5.69 Å². The number of alkyl halides is 3. The largest absolute Gasteiger partial charge is 0.435 e. The molecule has 1 aliphatic rings. The minimum Gasteiger partial charge on any atom is -0.374 e. The van der Waals surface area contributed by atoms with E-state index in [1.807, 2.05) is 0 Å². The molecule has 32 heavy (non-hydrogen) atoms. The van der Waals surface area contributed by atoms with Gasteiger partial charge >= 0.3 is 6.18 Å². The lowest BCUT2D eigenvalue weighted by Gasteiger charge is -2.29. The van der Waals surface area contributed by atoms with E-state index in [0.717, 1.165) is 12.1 Å². The van der Waals surface area contributed by atoms with Gasteiger partial charge in [0.25, 0.3) is 5.60 Å². The van der Waals surface area contributed by atoms with E-state index in [9.17, 15) is 18.0 Å². The van der Waals surface area contributed by atoms with Gasteiger partial charge in [-0.1, -0.05) is 34.4 Å². The van der Waals surface area contributed by atoms with E-state index in [1.165, 1.54) is 36.4 Å². The molecule has 0 bridgehead atoms. The van der Waals surface area contributed by atoms with Gasteiger partial charge in [0.2, 0.25) is 5.91 Å². The van der Waals surface area contributed by atoms with Crippen molar-refractivity contribution in [3.63, 3.8) is 0 Å². The molecule has 7 nitrogen and oxygen atoms in total. The van der Waals surface area contributed by atoms with E-state index in [2.05, 4.69) is 20.6 Å². The fourth-order valence-corrected chi connectivity index (χ4v) is 3.91. The molecule has 0 fully saturated rings. The molecule has 0 saturated heterocycles. The number of carbonyl (C=O) groups excluding carboxylic acids is 1. The highest BCUT2D eigenvalue weighted by Gasteiger charge is 2.62. The van der Waals surface area contributed by atoms with Gasteiger partial charge in [-0.3, -0.25) is 4.79 Å². The third-order valence-corrected chi connectivity index (χ3v) is 5.26. The summed E-state index contributed by atoms with van der Waals surface area (Å²) in [5.41, 5.74) is -1.85. The Morgan fingerprint density at radius 1 is 1.19 bits per heavy atom. The first-order valence-corrected chi connectivity index (χ1v) is 9.90. The van der Waals surface area contributed by atoms with Crippen LogP contribution in [0.2, 0.25) is 10.0 Å². The van der Waals surface area contributed by atoms with Crippen LogP contribution in [0.15, 0.2) is 54.2 Å². The second-order valence-electron chi connectivity index (χ2n) is 7.04. The normalized spacial score (nSPS) is 18.2. The van der Waals surface area contributed by atoms with Crippen LogP contribution >= 0.6 is 23.2 Å². The van der Waals surface area contributed by atoms with Gasteiger partial charge in [0.1, 0.15) is 12.7 Å². The van der Waals surface area contributed by atoms with Crippen molar-refractivity contribution in [2.45, 2.75) is 25.1 Å². The first kappa shape index (κ1) is 22.1. The molecule has 1 aromatic heterocycles. The van der Waals surface area contributed by atoms with E-state index in [0.29, 0.717) is 16.9 Å². The molecule has 2 heterocycles. The number of nitrogens with one attached hydrogen (secondary N) is 1. The summed E-state index contributed by atoms with van der Waals surface area (Å²) in [6, 6.07) is 8.27. The number of halogens is 5. The van der Waals surface area contributed by atoms with Crippen LogP contribution in [-0.4, -0.2) is 32.6 Å². The van der Waals surface area contributed by atoms with Crippen LogP contribution in [0.5, 0.6) is 0 Å². The summed E-state index contributed by atoms with van der Waals surface area (Å²) >= 11 is 11.9. The third-order valence-electron chi connectivity index (χ3n) is 4.82. The van der Waals surface area contributed by atoms with Crippen LogP contribution in [-0.2, 0) is 15.2 Å². The van der Waals surface area contributed by atoms with E-state index in [1.54, 1.807) is 12.1 Å². The summed E-state index contributed by atoms with van der Waals surface area (Å²) in [7, 11) is 0. The van der Waals surface area contributed by atoms with Crippen molar-refractivity contribution in [2.24, 2.45) is 5.16 Å². The predicted octanol–water partition coefficient (Wildman–Crippen LogP) is 5.11. The van der Waals surface area contributed by atoms with Crippen molar-refractivity contribution < 1.29 is 22.8 Å². The van der Waals surface area contributed by atoms with E-state index >= 15 is 0 Å². The number of oxime groups is 1. The number of anilines is 1. The maximum atomic E-state index is 14.2. The summed E-state index contributed by atoms with van der Waals surface area (Å²) in [6.45, 7) is 1.31. The van der Waals surface area contributed by atoms with Gasteiger partial charge in [-0.2, -0.15) is 18.3 Å². The molecule has 0 radical (unpaired) electrons. The van der Waals surface area contributed by atoms with Crippen molar-refractivity contribution in [3.8, 4) is 5.69 Å². The highest BCUT2D eigenvalue weighted by Crippen LogP contribution is 2.49. The van der Waals surface area contributed by atoms with Crippen molar-refractivity contribution in [3.05, 3.63) is 70.2 Å². The van der Waals surface area contributed by atoms with Gasteiger partial charge in [0, 0.05) is 34.5 Å². The molecule has 2 aromatic carbocycles. The van der Waals surface area contributed by atoms with E-state index < -0.39 is 18.2 Å². The third kappa shape index (κ3) is 4.03. The molecule has 166 valence electrons. The van der Waals surface area contributed by atoms with Crippen LogP contribution in [0, 0.1) is 0 Å². The molecule has 3 aromatic rings. The zero-order valence-electron chi connectivity index (χ0n) is 16.3. The lowest BCUT2D eigenvalue weighted by molar-refractivity contribution is -0.275. The number of carbonyl (C=O) groups is 1. The zero-order chi connectivity index (χ0) is 23.1. The van der Waals surface area contributed by atoms with Gasteiger partial charge in [-0.15, -0.1) is 0 Å². The Labute approximate surface area is 189 Å². The fourth-order valence-electron chi connectivity index (χ4n) is 3.38. The van der Waals surface area contributed by atoms with Gasteiger partial charge < -0.3 is 10.2 Å². The van der Waals surface area contributed by atoms with Crippen molar-refractivity contribution in [1.82, 2.24) is 14.8 Å². The number of nitrogens with zero attached hydrogens (tertiary/aromatic N) is 4. The Morgan fingerprint density at radius 3 is 2.50 bits per heavy atom. The standard InChI is InChI=1S/C20H14Cl2F3N5O2/c1-11(31)28-16-4-12(2-3-18(16)30-10-26-9-27-30)17-8-19(32-29-17,20(23,24)25)13-5-14(21)7-15(22)6-13/h2-7,9-10H,8H2,1H3,(H,28,31). The van der Waals surface area contributed by atoms with E-state index in [4.69, 9.17) is 28.0 Å². The first-order valence-electron chi connectivity index (χ1n) is 9.14. The monoisotopic (exact) mass is 483 g/mol. The SMILES string of the molecule is CC(=O)Nc1cc(C2=NOC(c3cc(Cl)cc(Cl)c3)(C(F)(F)F)C2)ccc1-n1cncn1. The summed E-state index contributed by atoms with van der Waals surface area (Å²) in [5, 5.41) is 10.5. The second-order valence-corrected chi connectivity index (χ2v) is 7.91. The summed E-state index contributed by atoms with van der Waals surface area (Å²) < 4.78 is 44.0. The Kier molecular flexibility index (Phi) is 5.59. The summed E-state index contributed by atoms with van der Waals surface area (Å²) in [6.07, 6.45) is -2.69.